The lowest BCUT2D eigenvalue weighted by molar-refractivity contribution is 0.0755. The molecule has 0 aliphatic carbocycles. The minimum atomic E-state index is -0.985. The van der Waals surface area contributed by atoms with E-state index in [1.165, 1.54) is 23.0 Å². The van der Waals surface area contributed by atoms with Crippen molar-refractivity contribution in [3.05, 3.63) is 84.6 Å². The van der Waals surface area contributed by atoms with Crippen molar-refractivity contribution >= 4 is 22.5 Å². The van der Waals surface area contributed by atoms with Gasteiger partial charge in [0.05, 0.1) is 5.56 Å². The van der Waals surface area contributed by atoms with E-state index in [-0.39, 0.29) is 11.3 Å². The summed E-state index contributed by atoms with van der Waals surface area (Å²) in [4.78, 5) is 12.1. The van der Waals surface area contributed by atoms with E-state index in [4.69, 9.17) is 0 Å². The van der Waals surface area contributed by atoms with Gasteiger partial charge in [0.1, 0.15) is 18.2 Å². The number of nitrogens with zero attached hydrogens (tertiary/aromatic N) is 1. The number of aromatic nitrogens is 1. The van der Waals surface area contributed by atoms with Gasteiger partial charge in [0.15, 0.2) is 0 Å². The number of anilines is 1. The Balaban J connectivity index is 1.16. The first-order valence-corrected chi connectivity index (χ1v) is 12.3. The predicted molar refractivity (Wildman–Crippen MR) is 143 cm³/mol. The molecule has 36 heavy (non-hydrogen) atoms. The number of hydrogen-bond acceptors (Lipinski definition) is 5. The molecule has 188 valence electrons. The van der Waals surface area contributed by atoms with Gasteiger partial charge in [-0.1, -0.05) is 36.8 Å². The van der Waals surface area contributed by atoms with Crippen molar-refractivity contribution < 1.29 is 20.1 Å². The zero-order valence-electron chi connectivity index (χ0n) is 20.4. The molecule has 2 atom stereocenters. The average Bonchev–Trinajstić information content (AvgIpc) is 3.24. The number of phenols is 1. The summed E-state index contributed by atoms with van der Waals surface area (Å²) >= 11 is 0. The van der Waals surface area contributed by atoms with Gasteiger partial charge in [0, 0.05) is 29.8 Å². The van der Waals surface area contributed by atoms with Gasteiger partial charge in [0.25, 0.3) is 5.91 Å². The molecule has 0 spiro atoms. The summed E-state index contributed by atoms with van der Waals surface area (Å²) in [5.74, 6) is -0.626. The fourth-order valence-corrected chi connectivity index (χ4v) is 4.30. The number of phenolic OH excluding ortho intramolecular Hbond substituents is 1. The third-order valence-electron chi connectivity index (χ3n) is 6.34. The second-order valence-corrected chi connectivity index (χ2v) is 9.08. The molecule has 3 aromatic carbocycles. The van der Waals surface area contributed by atoms with Gasteiger partial charge in [-0.25, -0.2) is 0 Å². The van der Waals surface area contributed by atoms with E-state index < -0.39 is 18.4 Å². The van der Waals surface area contributed by atoms with E-state index in [1.807, 2.05) is 31.3 Å². The molecule has 0 saturated heterocycles. The molecule has 0 aliphatic rings. The summed E-state index contributed by atoms with van der Waals surface area (Å²) in [6, 6.07) is 22.8. The second-order valence-electron chi connectivity index (χ2n) is 9.08. The lowest BCUT2D eigenvalue weighted by Gasteiger charge is -2.15. The zero-order chi connectivity index (χ0) is 25.5. The zero-order valence-corrected chi connectivity index (χ0v) is 20.4. The number of unbranched alkanes of at least 4 members (excludes halogenated alkanes) is 2. The van der Waals surface area contributed by atoms with Gasteiger partial charge in [-0.05, 0) is 79.3 Å². The number of aromatic hydroxyl groups is 1. The Morgan fingerprint density at radius 3 is 2.31 bits per heavy atom. The van der Waals surface area contributed by atoms with Crippen LogP contribution >= 0.6 is 0 Å². The first-order chi connectivity index (χ1) is 17.4. The molecular weight excluding hydrogens is 454 g/mol. The number of aliphatic hydroxyl groups excluding tert-OH is 2. The van der Waals surface area contributed by atoms with Crippen LogP contribution in [0.15, 0.2) is 79.0 Å². The predicted octanol–water partition coefficient (Wildman–Crippen LogP) is 4.98. The fourth-order valence-electron chi connectivity index (χ4n) is 4.30. The highest BCUT2D eigenvalue weighted by molar-refractivity contribution is 5.96. The van der Waals surface area contributed by atoms with Crippen LogP contribution in [-0.4, -0.2) is 38.2 Å². The summed E-state index contributed by atoms with van der Waals surface area (Å²) < 4.78 is 2.10. The maximum absolute atomic E-state index is 12.1. The monoisotopic (exact) mass is 487 g/mol. The van der Waals surface area contributed by atoms with Crippen LogP contribution in [0.25, 0.3) is 22.0 Å². The van der Waals surface area contributed by atoms with Gasteiger partial charge in [-0.3, -0.25) is 4.79 Å². The second kappa shape index (κ2) is 11.7. The standard InChI is InChI=1S/C29H33N3O4/c1-32-18-17-22-19-21(13-16-25(22)32)20-11-14-23(15-12-20)30-27(34)9-3-2-4-10-28(35)31-29(36)24-7-5-6-8-26(24)33/h5-8,11-19,27-28,30,33-35H,2-4,9-10H2,1H3,(H,31,36). The van der Waals surface area contributed by atoms with E-state index >= 15 is 0 Å². The molecule has 4 rings (SSSR count). The van der Waals surface area contributed by atoms with Crippen molar-refractivity contribution in [3.8, 4) is 16.9 Å². The topological polar surface area (TPSA) is 107 Å². The Kier molecular flexibility index (Phi) is 8.25. The van der Waals surface area contributed by atoms with Crippen LogP contribution in [0.3, 0.4) is 0 Å². The Hall–Kier alpha value is -3.81. The van der Waals surface area contributed by atoms with Crippen LogP contribution in [0.4, 0.5) is 5.69 Å². The van der Waals surface area contributed by atoms with Crippen molar-refractivity contribution in [1.82, 2.24) is 9.88 Å². The molecule has 1 aromatic heterocycles. The molecule has 0 radical (unpaired) electrons. The molecule has 4 aromatic rings. The van der Waals surface area contributed by atoms with Gasteiger partial charge in [0.2, 0.25) is 0 Å². The molecular formula is C29H33N3O4. The number of carbonyl (C=O) groups excluding carboxylic acids is 1. The van der Waals surface area contributed by atoms with Gasteiger partial charge in [-0.2, -0.15) is 0 Å². The van der Waals surface area contributed by atoms with Gasteiger partial charge >= 0.3 is 0 Å². The molecule has 0 aliphatic heterocycles. The summed E-state index contributed by atoms with van der Waals surface area (Å²) in [7, 11) is 2.04. The highest BCUT2D eigenvalue weighted by atomic mass is 16.3. The maximum atomic E-state index is 12.1. The molecule has 1 amide bonds. The number of nitrogens with one attached hydrogen (secondary N) is 2. The van der Waals surface area contributed by atoms with Gasteiger partial charge in [-0.15, -0.1) is 0 Å². The Labute approximate surface area is 211 Å². The maximum Gasteiger partial charge on any atom is 0.257 e. The van der Waals surface area contributed by atoms with E-state index in [1.54, 1.807) is 12.1 Å². The molecule has 2 unspecified atom stereocenters. The Morgan fingerprint density at radius 1 is 0.861 bits per heavy atom. The van der Waals surface area contributed by atoms with Crippen LogP contribution in [-0.2, 0) is 7.05 Å². The summed E-state index contributed by atoms with van der Waals surface area (Å²) in [6.45, 7) is 0. The third-order valence-corrected chi connectivity index (χ3v) is 6.34. The van der Waals surface area contributed by atoms with Crippen LogP contribution in [0.1, 0.15) is 42.5 Å². The number of rotatable bonds is 11. The number of aliphatic hydroxyl groups is 2. The highest BCUT2D eigenvalue weighted by Crippen LogP contribution is 2.26. The first kappa shape index (κ1) is 25.3. The van der Waals surface area contributed by atoms with Crippen LogP contribution in [0.5, 0.6) is 5.75 Å². The number of benzene rings is 3. The lowest BCUT2D eigenvalue weighted by Crippen LogP contribution is -2.34. The minimum absolute atomic E-state index is 0.119. The molecule has 0 saturated carbocycles. The summed E-state index contributed by atoms with van der Waals surface area (Å²) in [5, 5.41) is 36.9. The number of amides is 1. The molecule has 5 N–H and O–H groups in total. The summed E-state index contributed by atoms with van der Waals surface area (Å²) in [5.41, 5.74) is 4.46. The Bertz CT molecular complexity index is 1300. The normalized spacial score (nSPS) is 12.9. The van der Waals surface area contributed by atoms with E-state index in [2.05, 4.69) is 45.7 Å². The smallest absolute Gasteiger partial charge is 0.257 e. The Morgan fingerprint density at radius 2 is 1.56 bits per heavy atom. The van der Waals surface area contributed by atoms with Crippen molar-refractivity contribution in [2.24, 2.45) is 7.05 Å². The highest BCUT2D eigenvalue weighted by Gasteiger charge is 2.14. The SMILES string of the molecule is Cn1ccc2cc(-c3ccc(NC(O)CCCCCC(O)NC(=O)c4ccccc4O)cc3)ccc21. The number of fused-ring (bicyclic) bond motifs is 1. The van der Waals surface area contributed by atoms with E-state index in [9.17, 15) is 20.1 Å². The van der Waals surface area contributed by atoms with E-state index in [0.717, 1.165) is 29.7 Å². The largest absolute Gasteiger partial charge is 0.507 e. The number of para-hydroxylation sites is 1. The molecule has 7 heteroatoms. The number of hydrogen-bond donors (Lipinski definition) is 5. The fraction of sp³-hybridized carbons (Fsp3) is 0.276. The van der Waals surface area contributed by atoms with Gasteiger partial charge < -0.3 is 30.5 Å². The minimum Gasteiger partial charge on any atom is -0.507 e. The molecule has 0 fully saturated rings. The quantitative estimate of drug-likeness (QED) is 0.152. The first-order valence-electron chi connectivity index (χ1n) is 12.3. The van der Waals surface area contributed by atoms with Crippen LogP contribution in [0.2, 0.25) is 0 Å². The number of aryl methyl sites for hydroxylation is 1. The van der Waals surface area contributed by atoms with E-state index in [0.29, 0.717) is 19.3 Å². The van der Waals surface area contributed by atoms with Crippen molar-refractivity contribution in [2.75, 3.05) is 5.32 Å². The lowest BCUT2D eigenvalue weighted by atomic mass is 10.0. The third kappa shape index (κ3) is 6.44. The van der Waals surface area contributed by atoms with Crippen LogP contribution < -0.4 is 10.6 Å². The molecule has 0 bridgehead atoms. The average molecular weight is 488 g/mol. The molecule has 7 nitrogen and oxygen atoms in total. The van der Waals surface area contributed by atoms with Crippen LogP contribution in [0, 0.1) is 0 Å². The number of carbonyl (C=O) groups is 1. The van der Waals surface area contributed by atoms with Crippen molar-refractivity contribution in [2.45, 2.75) is 44.6 Å². The summed E-state index contributed by atoms with van der Waals surface area (Å²) in [6.07, 6.45) is 3.68. The molecule has 1 heterocycles. The van der Waals surface area contributed by atoms with Crippen molar-refractivity contribution in [1.29, 1.82) is 0 Å². The van der Waals surface area contributed by atoms with Crippen molar-refractivity contribution in [3.63, 3.8) is 0 Å².